The van der Waals surface area contributed by atoms with Crippen LogP contribution in [0.4, 0.5) is 34.1 Å². The zero-order valence-electron chi connectivity index (χ0n) is 32.0. The fourth-order valence-corrected chi connectivity index (χ4v) is 12.1. The van der Waals surface area contributed by atoms with Crippen LogP contribution in [0.25, 0.3) is 31.3 Å². The highest BCUT2D eigenvalue weighted by Crippen LogP contribution is 2.63. The molecule has 1 aliphatic heterocycles. The highest BCUT2D eigenvalue weighted by atomic mass is 32.2. The Morgan fingerprint density at radius 1 is 0.305 bits per heavy atom. The summed E-state index contributed by atoms with van der Waals surface area (Å²) in [7, 11) is 0. The molecule has 0 saturated carbocycles. The van der Waals surface area contributed by atoms with Crippen molar-refractivity contribution in [3.63, 3.8) is 0 Å². The molecule has 0 radical (unpaired) electrons. The van der Waals surface area contributed by atoms with Crippen LogP contribution in [0.1, 0.15) is 22.3 Å². The van der Waals surface area contributed by atoms with Crippen LogP contribution < -0.4 is 9.80 Å². The first-order chi connectivity index (χ1) is 29.3. The molecule has 1 aromatic heterocycles. The first kappa shape index (κ1) is 34.2. The van der Waals surface area contributed by atoms with E-state index in [1.807, 2.05) is 23.1 Å². The van der Waals surface area contributed by atoms with E-state index in [0.29, 0.717) is 0 Å². The average Bonchev–Trinajstić information content (AvgIpc) is 3.80. The lowest BCUT2D eigenvalue weighted by molar-refractivity contribution is 0.724. The summed E-state index contributed by atoms with van der Waals surface area (Å²) >= 11 is 3.81. The Morgan fingerprint density at radius 3 is 1.29 bits per heavy atom. The zero-order chi connectivity index (χ0) is 38.9. The molecule has 4 heteroatoms. The van der Waals surface area contributed by atoms with E-state index in [9.17, 15) is 0 Å². The highest BCUT2D eigenvalue weighted by molar-refractivity contribution is 7.99. The van der Waals surface area contributed by atoms with Crippen LogP contribution in [-0.4, -0.2) is 0 Å². The van der Waals surface area contributed by atoms with Gasteiger partial charge in [-0.1, -0.05) is 139 Å². The summed E-state index contributed by atoms with van der Waals surface area (Å²) in [6, 6.07) is 80.3. The van der Waals surface area contributed by atoms with Gasteiger partial charge in [-0.05, 0) is 124 Å². The van der Waals surface area contributed by atoms with Gasteiger partial charge in [0.1, 0.15) is 0 Å². The number of benzene rings is 9. The average molecular weight is 789 g/mol. The van der Waals surface area contributed by atoms with E-state index < -0.39 is 5.41 Å². The van der Waals surface area contributed by atoms with Gasteiger partial charge in [0.25, 0.3) is 0 Å². The Kier molecular flexibility index (Phi) is 7.90. The van der Waals surface area contributed by atoms with Crippen LogP contribution in [-0.2, 0) is 5.41 Å². The van der Waals surface area contributed by atoms with Gasteiger partial charge in [0.05, 0.1) is 5.41 Å². The molecule has 1 spiro atoms. The molecule has 2 nitrogen and oxygen atoms in total. The Labute approximate surface area is 352 Å². The summed E-state index contributed by atoms with van der Waals surface area (Å²) in [5, 5.41) is 2.58. The molecule has 0 bridgehead atoms. The maximum Gasteiger partial charge on any atom is 0.0735 e. The number of rotatable bonds is 6. The van der Waals surface area contributed by atoms with Crippen molar-refractivity contribution < 1.29 is 0 Å². The smallest absolute Gasteiger partial charge is 0.0735 e. The SMILES string of the molecule is c1ccc(N(c2ccccc2)c2ccc3c(c2)Sc2cc4sc5ccc(N(c6ccccc6)c6ccccc6)cc5c4cc2C32c3ccccc3-c3ccccc32)cc1. The van der Waals surface area contributed by atoms with Crippen LogP contribution >= 0.6 is 23.1 Å². The Morgan fingerprint density at radius 2 is 0.746 bits per heavy atom. The monoisotopic (exact) mass is 788 g/mol. The molecule has 0 fully saturated rings. The lowest BCUT2D eigenvalue weighted by atomic mass is 9.67. The second-order valence-electron chi connectivity index (χ2n) is 15.3. The number of nitrogens with zero attached hydrogens (tertiary/aromatic N) is 2. The second-order valence-corrected chi connectivity index (χ2v) is 17.4. The molecule has 9 aromatic carbocycles. The summed E-state index contributed by atoms with van der Waals surface area (Å²) in [5.41, 5.74) is 14.3. The minimum absolute atomic E-state index is 0.494. The van der Waals surface area contributed by atoms with Gasteiger partial charge in [0, 0.05) is 64.1 Å². The van der Waals surface area contributed by atoms with Gasteiger partial charge in [-0.15, -0.1) is 11.3 Å². The summed E-state index contributed by atoms with van der Waals surface area (Å²) in [4.78, 5) is 7.33. The van der Waals surface area contributed by atoms with Crippen molar-refractivity contribution >= 4 is 77.4 Å². The highest BCUT2D eigenvalue weighted by Gasteiger charge is 2.50. The molecule has 278 valence electrons. The molecule has 59 heavy (non-hydrogen) atoms. The van der Waals surface area contributed by atoms with Crippen molar-refractivity contribution in [3.8, 4) is 11.1 Å². The number of hydrogen-bond acceptors (Lipinski definition) is 4. The van der Waals surface area contributed by atoms with Crippen LogP contribution in [0.15, 0.2) is 228 Å². The maximum atomic E-state index is 2.55. The number of anilines is 6. The van der Waals surface area contributed by atoms with E-state index in [2.05, 4.69) is 228 Å². The van der Waals surface area contributed by atoms with Crippen molar-refractivity contribution in [1.82, 2.24) is 0 Å². The topological polar surface area (TPSA) is 6.48 Å². The predicted octanol–water partition coefficient (Wildman–Crippen LogP) is 15.8. The molecule has 1 aliphatic carbocycles. The van der Waals surface area contributed by atoms with Crippen molar-refractivity contribution in [2.45, 2.75) is 15.2 Å². The summed E-state index contributed by atoms with van der Waals surface area (Å²) in [6.45, 7) is 0. The fraction of sp³-hybridized carbons (Fsp3) is 0.0182. The van der Waals surface area contributed by atoms with Crippen molar-refractivity contribution in [2.75, 3.05) is 9.80 Å². The molecule has 2 heterocycles. The Hall–Kier alpha value is -6.85. The number of hydrogen-bond donors (Lipinski definition) is 0. The molecule has 12 rings (SSSR count). The lowest BCUT2D eigenvalue weighted by Crippen LogP contribution is -2.32. The molecule has 0 amide bonds. The van der Waals surface area contributed by atoms with Gasteiger partial charge >= 0.3 is 0 Å². The number of fused-ring (bicyclic) bond motifs is 12. The standard InChI is InChI=1S/C55H36N2S2/c1-5-17-37(18-6-1)56(38-19-7-2-8-20-38)41-30-32-51-45(33-41)46-35-50-54(36-52(46)58-51)59-53-34-42(57(39-21-9-3-10-22-39)40-23-11-4-12-24-40)29-31-49(53)55(50)47-27-15-13-25-43(47)44-26-14-16-28-48(44)55/h1-36H. The molecular formula is C55H36N2S2. The minimum Gasteiger partial charge on any atom is -0.310 e. The molecule has 0 atom stereocenters. The number of para-hydroxylation sites is 4. The summed E-state index contributed by atoms with van der Waals surface area (Å²) in [6.07, 6.45) is 0. The molecule has 0 unspecified atom stereocenters. The van der Waals surface area contributed by atoms with Crippen molar-refractivity contribution in [2.24, 2.45) is 0 Å². The van der Waals surface area contributed by atoms with Gasteiger partial charge in [-0.3, -0.25) is 0 Å². The van der Waals surface area contributed by atoms with E-state index >= 15 is 0 Å². The van der Waals surface area contributed by atoms with E-state index in [1.165, 1.54) is 63.3 Å². The van der Waals surface area contributed by atoms with E-state index in [-0.39, 0.29) is 0 Å². The normalized spacial score (nSPS) is 13.2. The first-order valence-corrected chi connectivity index (χ1v) is 21.7. The lowest BCUT2D eigenvalue weighted by Gasteiger charge is -2.40. The van der Waals surface area contributed by atoms with Gasteiger partial charge in [0.2, 0.25) is 0 Å². The quantitative estimate of drug-likeness (QED) is 0.166. The largest absolute Gasteiger partial charge is 0.310 e. The van der Waals surface area contributed by atoms with E-state index in [0.717, 1.165) is 34.1 Å². The second kappa shape index (κ2) is 13.6. The fourth-order valence-electron chi connectivity index (χ4n) is 9.63. The third-order valence-electron chi connectivity index (χ3n) is 12.1. The molecule has 2 aliphatic rings. The van der Waals surface area contributed by atoms with E-state index in [1.54, 1.807) is 0 Å². The van der Waals surface area contributed by atoms with Gasteiger partial charge in [0.15, 0.2) is 0 Å². The van der Waals surface area contributed by atoms with E-state index in [4.69, 9.17) is 0 Å². The maximum absolute atomic E-state index is 2.55. The van der Waals surface area contributed by atoms with Crippen LogP contribution in [0.5, 0.6) is 0 Å². The summed E-state index contributed by atoms with van der Waals surface area (Å²) < 4.78 is 2.60. The van der Waals surface area contributed by atoms with Crippen molar-refractivity contribution in [3.05, 3.63) is 241 Å². The first-order valence-electron chi connectivity index (χ1n) is 20.1. The van der Waals surface area contributed by atoms with Crippen LogP contribution in [0.2, 0.25) is 0 Å². The molecule has 0 N–H and O–H groups in total. The van der Waals surface area contributed by atoms with Gasteiger partial charge in [-0.2, -0.15) is 0 Å². The molecule has 10 aromatic rings. The Bertz CT molecular complexity index is 3070. The molecular weight excluding hydrogens is 753 g/mol. The minimum atomic E-state index is -0.494. The number of thiophene rings is 1. The van der Waals surface area contributed by atoms with Gasteiger partial charge < -0.3 is 9.80 Å². The van der Waals surface area contributed by atoms with Crippen molar-refractivity contribution in [1.29, 1.82) is 0 Å². The molecule has 0 saturated heterocycles. The summed E-state index contributed by atoms with van der Waals surface area (Å²) in [5.74, 6) is 0. The van der Waals surface area contributed by atoms with Gasteiger partial charge in [-0.25, -0.2) is 0 Å². The third-order valence-corrected chi connectivity index (χ3v) is 14.3. The van der Waals surface area contributed by atoms with Crippen LogP contribution in [0.3, 0.4) is 0 Å². The zero-order valence-corrected chi connectivity index (χ0v) is 33.6. The Balaban J connectivity index is 1.10. The van der Waals surface area contributed by atoms with Crippen LogP contribution in [0, 0.1) is 0 Å². The predicted molar refractivity (Wildman–Crippen MR) is 250 cm³/mol. The third kappa shape index (κ3) is 5.27.